The highest BCUT2D eigenvalue weighted by molar-refractivity contribution is 6.30. The zero-order valence-electron chi connectivity index (χ0n) is 15.7. The van der Waals surface area contributed by atoms with Crippen molar-refractivity contribution in [1.29, 1.82) is 0 Å². The Morgan fingerprint density at radius 1 is 1.11 bits per heavy atom. The first-order chi connectivity index (χ1) is 13.6. The third-order valence-electron chi connectivity index (χ3n) is 4.69. The number of rotatable bonds is 6. The topological polar surface area (TPSA) is 67.9 Å². The van der Waals surface area contributed by atoms with Crippen molar-refractivity contribution < 1.29 is 19.1 Å². The molecule has 3 rings (SSSR count). The Bertz CT molecular complexity index is 835. The first-order valence-corrected chi connectivity index (χ1v) is 9.54. The second kappa shape index (κ2) is 9.46. The Hall–Kier alpha value is -2.73. The fraction of sp³-hybridized carbons (Fsp3) is 0.333. The average molecular weight is 403 g/mol. The van der Waals surface area contributed by atoms with Gasteiger partial charge < -0.3 is 19.7 Å². The SMILES string of the molecule is COc1ccccc1OCC(=O)N1CCC(NC(=O)c2cccc(Cl)c2)CC1. The number of halogens is 1. The smallest absolute Gasteiger partial charge is 0.260 e. The highest BCUT2D eigenvalue weighted by atomic mass is 35.5. The molecule has 28 heavy (non-hydrogen) atoms. The number of likely N-dealkylation sites (tertiary alicyclic amines) is 1. The molecule has 2 amide bonds. The summed E-state index contributed by atoms with van der Waals surface area (Å²) in [5.41, 5.74) is 0.538. The average Bonchev–Trinajstić information content (AvgIpc) is 2.72. The molecule has 0 saturated carbocycles. The van der Waals surface area contributed by atoms with E-state index in [0.717, 1.165) is 0 Å². The number of amides is 2. The molecule has 148 valence electrons. The lowest BCUT2D eigenvalue weighted by Gasteiger charge is -2.32. The van der Waals surface area contributed by atoms with Crippen molar-refractivity contribution in [2.75, 3.05) is 26.8 Å². The van der Waals surface area contributed by atoms with Crippen LogP contribution in [0, 0.1) is 0 Å². The molecule has 2 aromatic rings. The molecule has 2 aromatic carbocycles. The molecule has 1 aliphatic rings. The van der Waals surface area contributed by atoms with Crippen molar-refractivity contribution in [3.05, 3.63) is 59.1 Å². The number of piperidine rings is 1. The van der Waals surface area contributed by atoms with Gasteiger partial charge >= 0.3 is 0 Å². The number of ether oxygens (including phenoxy) is 2. The van der Waals surface area contributed by atoms with E-state index in [-0.39, 0.29) is 24.5 Å². The third kappa shape index (κ3) is 5.16. The van der Waals surface area contributed by atoms with Crippen LogP contribution in [0.3, 0.4) is 0 Å². The Morgan fingerprint density at radius 2 is 1.82 bits per heavy atom. The molecule has 6 nitrogen and oxygen atoms in total. The summed E-state index contributed by atoms with van der Waals surface area (Å²) in [6, 6.07) is 14.1. The maximum atomic E-state index is 12.4. The highest BCUT2D eigenvalue weighted by Gasteiger charge is 2.24. The predicted molar refractivity (Wildman–Crippen MR) is 107 cm³/mol. The molecule has 0 aliphatic carbocycles. The highest BCUT2D eigenvalue weighted by Crippen LogP contribution is 2.25. The van der Waals surface area contributed by atoms with Crippen molar-refractivity contribution >= 4 is 23.4 Å². The van der Waals surface area contributed by atoms with Crippen LogP contribution in [0.5, 0.6) is 11.5 Å². The summed E-state index contributed by atoms with van der Waals surface area (Å²) in [6.45, 7) is 1.11. The second-order valence-electron chi connectivity index (χ2n) is 6.58. The zero-order valence-corrected chi connectivity index (χ0v) is 16.4. The van der Waals surface area contributed by atoms with Gasteiger partial charge in [-0.25, -0.2) is 0 Å². The van der Waals surface area contributed by atoms with Crippen LogP contribution in [0.4, 0.5) is 0 Å². The first kappa shape index (κ1) is 20.0. The number of benzene rings is 2. The van der Waals surface area contributed by atoms with E-state index in [0.29, 0.717) is 48.0 Å². The Labute approximate surface area is 169 Å². The number of hydrogen-bond donors (Lipinski definition) is 1. The van der Waals surface area contributed by atoms with Crippen LogP contribution in [0.15, 0.2) is 48.5 Å². The molecule has 1 aliphatic heterocycles. The molecule has 0 bridgehead atoms. The van der Waals surface area contributed by atoms with Crippen LogP contribution >= 0.6 is 11.6 Å². The first-order valence-electron chi connectivity index (χ1n) is 9.17. The van der Waals surface area contributed by atoms with E-state index in [2.05, 4.69) is 5.32 Å². The van der Waals surface area contributed by atoms with E-state index in [1.54, 1.807) is 48.4 Å². The summed E-state index contributed by atoms with van der Waals surface area (Å²) in [6.07, 6.45) is 1.40. The number of methoxy groups -OCH3 is 1. The van der Waals surface area contributed by atoms with Crippen LogP contribution < -0.4 is 14.8 Å². The number of carbonyl (C=O) groups excluding carboxylic acids is 2. The van der Waals surface area contributed by atoms with Crippen LogP contribution in [0.25, 0.3) is 0 Å². The molecule has 1 saturated heterocycles. The normalized spacial score (nSPS) is 14.4. The van der Waals surface area contributed by atoms with Gasteiger partial charge in [0.05, 0.1) is 7.11 Å². The summed E-state index contributed by atoms with van der Waals surface area (Å²) in [7, 11) is 1.56. The Balaban J connectivity index is 1.45. The molecule has 0 radical (unpaired) electrons. The van der Waals surface area contributed by atoms with Crippen molar-refractivity contribution in [2.45, 2.75) is 18.9 Å². The lowest BCUT2D eigenvalue weighted by Crippen LogP contribution is -2.47. The van der Waals surface area contributed by atoms with Crippen LogP contribution in [0.2, 0.25) is 5.02 Å². The minimum atomic E-state index is -0.146. The van der Waals surface area contributed by atoms with Gasteiger partial charge in [-0.05, 0) is 43.2 Å². The number of para-hydroxylation sites is 2. The predicted octanol–water partition coefficient (Wildman–Crippen LogP) is 3.15. The van der Waals surface area contributed by atoms with Gasteiger partial charge in [-0.3, -0.25) is 9.59 Å². The third-order valence-corrected chi connectivity index (χ3v) is 4.93. The maximum Gasteiger partial charge on any atom is 0.260 e. The monoisotopic (exact) mass is 402 g/mol. The Kier molecular flexibility index (Phi) is 6.76. The molecule has 7 heteroatoms. The number of nitrogens with zero attached hydrogens (tertiary/aromatic N) is 1. The fourth-order valence-electron chi connectivity index (χ4n) is 3.14. The van der Waals surface area contributed by atoms with Gasteiger partial charge in [0.15, 0.2) is 18.1 Å². The van der Waals surface area contributed by atoms with E-state index in [9.17, 15) is 9.59 Å². The van der Waals surface area contributed by atoms with Gasteiger partial charge in [0.25, 0.3) is 11.8 Å². The number of carbonyl (C=O) groups is 2. The lowest BCUT2D eigenvalue weighted by atomic mass is 10.0. The summed E-state index contributed by atoms with van der Waals surface area (Å²) in [5.74, 6) is 0.914. The van der Waals surface area contributed by atoms with Gasteiger partial charge in [0, 0.05) is 29.7 Å². The standard InChI is InChI=1S/C21H23ClN2O4/c1-27-18-7-2-3-8-19(18)28-14-20(25)24-11-9-17(10-12-24)23-21(26)15-5-4-6-16(22)13-15/h2-8,13,17H,9-12,14H2,1H3,(H,23,26). The second-order valence-corrected chi connectivity index (χ2v) is 7.01. The van der Waals surface area contributed by atoms with E-state index < -0.39 is 0 Å². The van der Waals surface area contributed by atoms with Gasteiger partial charge in [-0.1, -0.05) is 29.8 Å². The van der Waals surface area contributed by atoms with Gasteiger partial charge in [0.2, 0.25) is 0 Å². The maximum absolute atomic E-state index is 12.4. The van der Waals surface area contributed by atoms with Gasteiger partial charge in [-0.15, -0.1) is 0 Å². The van der Waals surface area contributed by atoms with Crippen molar-refractivity contribution in [1.82, 2.24) is 10.2 Å². The quantitative estimate of drug-likeness (QED) is 0.806. The van der Waals surface area contributed by atoms with E-state index in [1.165, 1.54) is 0 Å². The summed E-state index contributed by atoms with van der Waals surface area (Å²) < 4.78 is 10.8. The lowest BCUT2D eigenvalue weighted by molar-refractivity contribution is -0.134. The molecule has 0 unspecified atom stereocenters. The van der Waals surface area contributed by atoms with Crippen molar-refractivity contribution in [2.24, 2.45) is 0 Å². The molecule has 0 aromatic heterocycles. The van der Waals surface area contributed by atoms with E-state index in [4.69, 9.17) is 21.1 Å². The number of hydrogen-bond acceptors (Lipinski definition) is 4. The fourth-order valence-corrected chi connectivity index (χ4v) is 3.33. The van der Waals surface area contributed by atoms with E-state index >= 15 is 0 Å². The molecular formula is C21H23ClN2O4. The summed E-state index contributed by atoms with van der Waals surface area (Å²) >= 11 is 5.93. The summed E-state index contributed by atoms with van der Waals surface area (Å²) in [4.78, 5) is 26.5. The molecule has 0 atom stereocenters. The van der Waals surface area contributed by atoms with Crippen LogP contribution in [-0.4, -0.2) is 49.6 Å². The van der Waals surface area contributed by atoms with Gasteiger partial charge in [0.1, 0.15) is 0 Å². The number of nitrogens with one attached hydrogen (secondary N) is 1. The minimum absolute atomic E-state index is 0.0330. The van der Waals surface area contributed by atoms with Gasteiger partial charge in [-0.2, -0.15) is 0 Å². The molecular weight excluding hydrogens is 380 g/mol. The summed E-state index contributed by atoms with van der Waals surface area (Å²) in [5, 5.41) is 3.54. The van der Waals surface area contributed by atoms with Crippen LogP contribution in [0.1, 0.15) is 23.2 Å². The van der Waals surface area contributed by atoms with Crippen molar-refractivity contribution in [3.63, 3.8) is 0 Å². The minimum Gasteiger partial charge on any atom is -0.493 e. The Morgan fingerprint density at radius 3 is 2.50 bits per heavy atom. The molecule has 1 heterocycles. The molecule has 0 spiro atoms. The van der Waals surface area contributed by atoms with E-state index in [1.807, 2.05) is 12.1 Å². The molecule has 1 fully saturated rings. The largest absolute Gasteiger partial charge is 0.493 e. The van der Waals surface area contributed by atoms with Crippen LogP contribution in [-0.2, 0) is 4.79 Å². The molecule has 1 N–H and O–H groups in total. The zero-order chi connectivity index (χ0) is 19.9. The van der Waals surface area contributed by atoms with Crippen molar-refractivity contribution in [3.8, 4) is 11.5 Å².